The molecule has 34 heavy (non-hydrogen) atoms. The SMILES string of the molecule is N#Cc1ccccc1-c1cc2c(-c3ccccc3)cc(-c3ccccc3)nc2c2ccccc12. The van der Waals surface area contributed by atoms with Crippen molar-refractivity contribution in [2.75, 3.05) is 0 Å². The summed E-state index contributed by atoms with van der Waals surface area (Å²) in [6.45, 7) is 0. The molecular weight excluding hydrogens is 412 g/mol. The van der Waals surface area contributed by atoms with Gasteiger partial charge in [0.15, 0.2) is 0 Å². The first-order chi connectivity index (χ1) is 16.8. The summed E-state index contributed by atoms with van der Waals surface area (Å²) in [6, 6.07) is 43.7. The number of nitriles is 1. The molecule has 6 rings (SSSR count). The Bertz CT molecular complexity index is 1700. The van der Waals surface area contributed by atoms with Crippen LogP contribution < -0.4 is 0 Å². The molecule has 0 aliphatic carbocycles. The van der Waals surface area contributed by atoms with E-state index in [0.29, 0.717) is 5.56 Å². The maximum absolute atomic E-state index is 9.80. The second-order valence-corrected chi connectivity index (χ2v) is 8.31. The summed E-state index contributed by atoms with van der Waals surface area (Å²) in [6.07, 6.45) is 0. The average molecular weight is 433 g/mol. The molecule has 6 aromatic rings. The molecule has 1 heterocycles. The van der Waals surface area contributed by atoms with Crippen molar-refractivity contribution in [2.24, 2.45) is 0 Å². The fourth-order valence-corrected chi connectivity index (χ4v) is 4.70. The van der Waals surface area contributed by atoms with Gasteiger partial charge in [0.25, 0.3) is 0 Å². The Balaban J connectivity index is 1.78. The van der Waals surface area contributed by atoms with Crippen molar-refractivity contribution in [3.63, 3.8) is 0 Å². The van der Waals surface area contributed by atoms with Crippen molar-refractivity contribution in [2.45, 2.75) is 0 Å². The molecule has 0 unspecified atom stereocenters. The number of pyridine rings is 1. The van der Waals surface area contributed by atoms with E-state index >= 15 is 0 Å². The van der Waals surface area contributed by atoms with Crippen molar-refractivity contribution in [1.82, 2.24) is 4.98 Å². The van der Waals surface area contributed by atoms with Crippen LogP contribution in [-0.2, 0) is 0 Å². The molecule has 0 radical (unpaired) electrons. The van der Waals surface area contributed by atoms with Crippen LogP contribution in [0.3, 0.4) is 0 Å². The molecule has 0 saturated carbocycles. The summed E-state index contributed by atoms with van der Waals surface area (Å²) in [4.78, 5) is 5.17. The third-order valence-corrected chi connectivity index (χ3v) is 6.31. The summed E-state index contributed by atoms with van der Waals surface area (Å²) in [5.41, 5.74) is 7.93. The van der Waals surface area contributed by atoms with Gasteiger partial charge >= 0.3 is 0 Å². The number of hydrogen-bond donors (Lipinski definition) is 0. The Labute approximate surface area is 198 Å². The Morgan fingerprint density at radius 1 is 0.500 bits per heavy atom. The highest BCUT2D eigenvalue weighted by Gasteiger charge is 2.16. The summed E-state index contributed by atoms with van der Waals surface area (Å²) in [7, 11) is 0. The van der Waals surface area contributed by atoms with Crippen molar-refractivity contribution in [3.05, 3.63) is 127 Å². The molecule has 2 heteroatoms. The van der Waals surface area contributed by atoms with Crippen molar-refractivity contribution >= 4 is 21.7 Å². The van der Waals surface area contributed by atoms with Gasteiger partial charge in [0.05, 0.1) is 22.8 Å². The lowest BCUT2D eigenvalue weighted by Crippen LogP contribution is -1.94. The minimum atomic E-state index is 0.669. The molecule has 0 saturated heterocycles. The van der Waals surface area contributed by atoms with E-state index in [-0.39, 0.29) is 0 Å². The van der Waals surface area contributed by atoms with Crippen molar-refractivity contribution < 1.29 is 0 Å². The van der Waals surface area contributed by atoms with Crippen LogP contribution in [0.2, 0.25) is 0 Å². The van der Waals surface area contributed by atoms with Crippen LogP contribution in [0, 0.1) is 11.3 Å². The number of fused-ring (bicyclic) bond motifs is 3. The Hall–Kier alpha value is -4.74. The molecule has 0 fully saturated rings. The molecule has 0 bridgehead atoms. The molecule has 0 amide bonds. The predicted molar refractivity (Wildman–Crippen MR) is 140 cm³/mol. The lowest BCUT2D eigenvalue weighted by Gasteiger charge is -2.16. The van der Waals surface area contributed by atoms with Crippen LogP contribution in [0.5, 0.6) is 0 Å². The van der Waals surface area contributed by atoms with Crippen LogP contribution in [0.1, 0.15) is 5.56 Å². The molecular formula is C32H20N2. The van der Waals surface area contributed by atoms with E-state index < -0.39 is 0 Å². The number of rotatable bonds is 3. The molecule has 5 aromatic carbocycles. The third-order valence-electron chi connectivity index (χ3n) is 6.31. The highest BCUT2D eigenvalue weighted by atomic mass is 14.7. The van der Waals surface area contributed by atoms with E-state index in [9.17, 15) is 5.26 Å². The van der Waals surface area contributed by atoms with Gasteiger partial charge in [-0.3, -0.25) is 0 Å². The lowest BCUT2D eigenvalue weighted by molar-refractivity contribution is 1.41. The van der Waals surface area contributed by atoms with E-state index in [4.69, 9.17) is 4.98 Å². The average Bonchev–Trinajstić information content (AvgIpc) is 2.93. The van der Waals surface area contributed by atoms with E-state index in [2.05, 4.69) is 72.8 Å². The summed E-state index contributed by atoms with van der Waals surface area (Å²) in [5, 5.41) is 13.0. The van der Waals surface area contributed by atoms with Crippen LogP contribution >= 0.6 is 0 Å². The second-order valence-electron chi connectivity index (χ2n) is 8.31. The quantitative estimate of drug-likeness (QED) is 0.264. The van der Waals surface area contributed by atoms with Gasteiger partial charge in [0.2, 0.25) is 0 Å². The molecule has 0 atom stereocenters. The normalized spacial score (nSPS) is 10.9. The number of nitrogens with zero attached hydrogens (tertiary/aromatic N) is 2. The van der Waals surface area contributed by atoms with E-state index in [1.165, 1.54) is 0 Å². The summed E-state index contributed by atoms with van der Waals surface area (Å²) < 4.78 is 0. The Kier molecular flexibility index (Phi) is 4.87. The zero-order valence-electron chi connectivity index (χ0n) is 18.4. The largest absolute Gasteiger partial charge is 0.247 e. The summed E-state index contributed by atoms with van der Waals surface area (Å²) in [5.74, 6) is 0. The van der Waals surface area contributed by atoms with Crippen LogP contribution in [0.15, 0.2) is 121 Å². The highest BCUT2D eigenvalue weighted by Crippen LogP contribution is 2.40. The monoisotopic (exact) mass is 432 g/mol. The van der Waals surface area contributed by atoms with Gasteiger partial charge in [-0.25, -0.2) is 4.98 Å². The molecule has 2 nitrogen and oxygen atoms in total. The van der Waals surface area contributed by atoms with Gasteiger partial charge in [-0.05, 0) is 40.3 Å². The smallest absolute Gasteiger partial charge is 0.0998 e. The summed E-state index contributed by atoms with van der Waals surface area (Å²) >= 11 is 0. The van der Waals surface area contributed by atoms with Gasteiger partial charge in [-0.2, -0.15) is 5.26 Å². The Morgan fingerprint density at radius 2 is 1.12 bits per heavy atom. The van der Waals surface area contributed by atoms with Crippen LogP contribution in [-0.4, -0.2) is 4.98 Å². The molecule has 1 aromatic heterocycles. The lowest BCUT2D eigenvalue weighted by atomic mass is 9.89. The fraction of sp³-hybridized carbons (Fsp3) is 0. The number of hydrogen-bond acceptors (Lipinski definition) is 2. The zero-order valence-corrected chi connectivity index (χ0v) is 18.4. The minimum Gasteiger partial charge on any atom is -0.247 e. The molecule has 158 valence electrons. The zero-order chi connectivity index (χ0) is 22.9. The highest BCUT2D eigenvalue weighted by molar-refractivity contribution is 6.16. The first-order valence-electron chi connectivity index (χ1n) is 11.3. The predicted octanol–water partition coefficient (Wildman–Crippen LogP) is 8.26. The number of aromatic nitrogens is 1. The fourth-order valence-electron chi connectivity index (χ4n) is 4.70. The van der Waals surface area contributed by atoms with Crippen molar-refractivity contribution in [1.29, 1.82) is 5.26 Å². The standard InChI is InChI=1S/C32H20N2/c33-21-24-15-7-8-16-25(24)29-19-30-28(22-11-3-1-4-12-22)20-31(23-13-5-2-6-14-23)34-32(30)27-18-10-9-17-26(27)29/h1-20H. The first-order valence-corrected chi connectivity index (χ1v) is 11.3. The second kappa shape index (κ2) is 8.31. The molecule has 0 N–H and O–H groups in total. The van der Waals surface area contributed by atoms with Crippen LogP contribution in [0.4, 0.5) is 0 Å². The van der Waals surface area contributed by atoms with E-state index in [0.717, 1.165) is 55.2 Å². The molecule has 0 spiro atoms. The maximum atomic E-state index is 9.80. The third kappa shape index (κ3) is 3.32. The maximum Gasteiger partial charge on any atom is 0.0998 e. The Morgan fingerprint density at radius 3 is 1.85 bits per heavy atom. The molecule has 0 aliphatic rings. The van der Waals surface area contributed by atoms with Gasteiger partial charge in [-0.1, -0.05) is 103 Å². The number of benzene rings is 5. The van der Waals surface area contributed by atoms with Crippen LogP contribution in [0.25, 0.3) is 55.2 Å². The minimum absolute atomic E-state index is 0.669. The van der Waals surface area contributed by atoms with Gasteiger partial charge in [0.1, 0.15) is 0 Å². The van der Waals surface area contributed by atoms with Crippen molar-refractivity contribution in [3.8, 4) is 39.6 Å². The van der Waals surface area contributed by atoms with Gasteiger partial charge in [0, 0.05) is 21.9 Å². The topological polar surface area (TPSA) is 36.7 Å². The van der Waals surface area contributed by atoms with E-state index in [1.54, 1.807) is 0 Å². The molecule has 0 aliphatic heterocycles. The van der Waals surface area contributed by atoms with Gasteiger partial charge in [-0.15, -0.1) is 0 Å². The van der Waals surface area contributed by atoms with E-state index in [1.807, 2.05) is 54.6 Å². The first kappa shape index (κ1) is 19.9. The van der Waals surface area contributed by atoms with Gasteiger partial charge < -0.3 is 0 Å².